The van der Waals surface area contributed by atoms with Crippen LogP contribution in [-0.2, 0) is 0 Å². The fourth-order valence-electron chi connectivity index (χ4n) is 0.910. The van der Waals surface area contributed by atoms with E-state index in [1.165, 1.54) is 0 Å². The van der Waals surface area contributed by atoms with Gasteiger partial charge in [-0.3, -0.25) is 0 Å². The number of halogens is 2. The Morgan fingerprint density at radius 3 is 2.77 bits per heavy atom. The maximum Gasteiger partial charge on any atom is 0.146 e. The Morgan fingerprint density at radius 2 is 2.31 bits per heavy atom. The van der Waals surface area contributed by atoms with Gasteiger partial charge in [0.15, 0.2) is 0 Å². The van der Waals surface area contributed by atoms with Gasteiger partial charge in [-0.15, -0.1) is 11.6 Å². The first-order chi connectivity index (χ1) is 6.19. The number of hydrogen-bond donors (Lipinski definition) is 0. The van der Waals surface area contributed by atoms with E-state index in [1.807, 2.05) is 6.07 Å². The number of ether oxygens (including phenoxy) is 1. The molecular weight excluding hydrogens is 253 g/mol. The highest BCUT2D eigenvalue weighted by Gasteiger charge is 2.10. The molecule has 0 aromatic heterocycles. The molecule has 2 nitrogen and oxygen atoms in total. The maximum atomic E-state index is 8.61. The lowest BCUT2D eigenvalue weighted by Crippen LogP contribution is -1.90. The average molecular weight is 261 g/mol. The third-order valence-corrected chi connectivity index (χ3v) is 2.61. The standard InChI is InChI=1S/C9H7BrClNO/c1-13-6-2-3-7(8(10)4-6)9(11)5-12/h2-4,9H,1H3. The highest BCUT2D eigenvalue weighted by Crippen LogP contribution is 2.30. The zero-order valence-corrected chi connectivity index (χ0v) is 9.26. The summed E-state index contributed by atoms with van der Waals surface area (Å²) in [5, 5.41) is 7.98. The molecular formula is C9H7BrClNO. The Kier molecular flexibility index (Phi) is 3.58. The molecule has 0 fully saturated rings. The lowest BCUT2D eigenvalue weighted by atomic mass is 10.1. The molecule has 0 bridgehead atoms. The minimum atomic E-state index is -0.625. The Balaban J connectivity index is 3.06. The Labute approximate surface area is 90.2 Å². The van der Waals surface area contributed by atoms with Gasteiger partial charge < -0.3 is 4.74 Å². The second kappa shape index (κ2) is 4.50. The SMILES string of the molecule is COc1ccc(C(Cl)C#N)c(Br)c1. The van der Waals surface area contributed by atoms with Crippen molar-refractivity contribution in [2.24, 2.45) is 0 Å². The molecule has 1 rings (SSSR count). The Bertz CT molecular complexity index is 348. The molecule has 4 heteroatoms. The van der Waals surface area contributed by atoms with Crippen molar-refractivity contribution in [3.8, 4) is 11.8 Å². The topological polar surface area (TPSA) is 33.0 Å². The first kappa shape index (κ1) is 10.4. The third kappa shape index (κ3) is 2.36. The summed E-state index contributed by atoms with van der Waals surface area (Å²) < 4.78 is 5.79. The van der Waals surface area contributed by atoms with Crippen molar-refractivity contribution in [3.05, 3.63) is 28.2 Å². The summed E-state index contributed by atoms with van der Waals surface area (Å²) >= 11 is 9.07. The van der Waals surface area contributed by atoms with Crippen molar-refractivity contribution in [1.29, 1.82) is 5.26 Å². The number of methoxy groups -OCH3 is 1. The van der Waals surface area contributed by atoms with Gasteiger partial charge in [0.1, 0.15) is 11.1 Å². The smallest absolute Gasteiger partial charge is 0.146 e. The minimum absolute atomic E-state index is 0.625. The zero-order valence-electron chi connectivity index (χ0n) is 6.92. The van der Waals surface area contributed by atoms with Gasteiger partial charge in [-0.1, -0.05) is 22.0 Å². The fraction of sp³-hybridized carbons (Fsp3) is 0.222. The van der Waals surface area contributed by atoms with E-state index in [-0.39, 0.29) is 0 Å². The predicted octanol–water partition coefficient (Wildman–Crippen LogP) is 3.26. The molecule has 0 radical (unpaired) electrons. The van der Waals surface area contributed by atoms with Crippen molar-refractivity contribution in [2.75, 3.05) is 7.11 Å². The Morgan fingerprint density at radius 1 is 1.62 bits per heavy atom. The second-order valence-electron chi connectivity index (χ2n) is 2.38. The van der Waals surface area contributed by atoms with E-state index in [1.54, 1.807) is 25.3 Å². The number of nitriles is 1. The first-order valence-corrected chi connectivity index (χ1v) is 4.79. The van der Waals surface area contributed by atoms with Gasteiger partial charge >= 0.3 is 0 Å². The maximum absolute atomic E-state index is 8.61. The molecule has 1 atom stereocenters. The third-order valence-electron chi connectivity index (χ3n) is 1.59. The van der Waals surface area contributed by atoms with E-state index in [2.05, 4.69) is 15.9 Å². The van der Waals surface area contributed by atoms with Crippen molar-refractivity contribution in [2.45, 2.75) is 5.38 Å². The van der Waals surface area contributed by atoms with Gasteiger partial charge in [0.25, 0.3) is 0 Å². The van der Waals surface area contributed by atoms with Gasteiger partial charge in [-0.25, -0.2) is 0 Å². The first-order valence-electron chi connectivity index (χ1n) is 3.56. The monoisotopic (exact) mass is 259 g/mol. The quantitative estimate of drug-likeness (QED) is 0.765. The van der Waals surface area contributed by atoms with E-state index in [0.29, 0.717) is 0 Å². The second-order valence-corrected chi connectivity index (χ2v) is 3.67. The summed E-state index contributed by atoms with van der Waals surface area (Å²) in [4.78, 5) is 0. The average Bonchev–Trinajstić information content (AvgIpc) is 2.16. The van der Waals surface area contributed by atoms with Crippen LogP contribution in [0.25, 0.3) is 0 Å². The summed E-state index contributed by atoms with van der Waals surface area (Å²) in [7, 11) is 1.59. The van der Waals surface area contributed by atoms with Crippen LogP contribution < -0.4 is 4.74 Å². The molecule has 0 amide bonds. The molecule has 13 heavy (non-hydrogen) atoms. The van der Waals surface area contributed by atoms with E-state index >= 15 is 0 Å². The van der Waals surface area contributed by atoms with Crippen molar-refractivity contribution in [3.63, 3.8) is 0 Å². The normalized spacial score (nSPS) is 11.8. The van der Waals surface area contributed by atoms with E-state index in [4.69, 9.17) is 21.6 Å². The molecule has 0 saturated carbocycles. The van der Waals surface area contributed by atoms with Crippen LogP contribution in [0.5, 0.6) is 5.75 Å². The zero-order chi connectivity index (χ0) is 9.84. The molecule has 68 valence electrons. The number of nitrogens with zero attached hydrogens (tertiary/aromatic N) is 1. The molecule has 0 aliphatic carbocycles. The Hall–Kier alpha value is -0.720. The number of alkyl halides is 1. The molecule has 1 aromatic carbocycles. The molecule has 0 saturated heterocycles. The summed E-state index contributed by atoms with van der Waals surface area (Å²) in [5.41, 5.74) is 0.755. The summed E-state index contributed by atoms with van der Waals surface area (Å²) in [6.07, 6.45) is 0. The van der Waals surface area contributed by atoms with Crippen LogP contribution >= 0.6 is 27.5 Å². The van der Waals surface area contributed by atoms with Gasteiger partial charge in [-0.05, 0) is 17.7 Å². The summed E-state index contributed by atoms with van der Waals surface area (Å²) in [6.45, 7) is 0. The van der Waals surface area contributed by atoms with Crippen LogP contribution in [0.4, 0.5) is 0 Å². The van der Waals surface area contributed by atoms with Crippen LogP contribution in [-0.4, -0.2) is 7.11 Å². The number of benzene rings is 1. The van der Waals surface area contributed by atoms with Crippen LogP contribution in [0.2, 0.25) is 0 Å². The molecule has 1 unspecified atom stereocenters. The van der Waals surface area contributed by atoms with Gasteiger partial charge in [0.2, 0.25) is 0 Å². The fourth-order valence-corrected chi connectivity index (χ4v) is 1.82. The molecule has 0 heterocycles. The predicted molar refractivity (Wildman–Crippen MR) is 54.9 cm³/mol. The van der Waals surface area contributed by atoms with Crippen LogP contribution in [0.3, 0.4) is 0 Å². The molecule has 0 N–H and O–H groups in total. The molecule has 1 aromatic rings. The molecule has 0 aliphatic rings. The largest absolute Gasteiger partial charge is 0.497 e. The van der Waals surface area contributed by atoms with Crippen molar-refractivity contribution in [1.82, 2.24) is 0 Å². The van der Waals surface area contributed by atoms with Gasteiger partial charge in [0.05, 0.1) is 13.2 Å². The highest BCUT2D eigenvalue weighted by molar-refractivity contribution is 9.10. The number of hydrogen-bond acceptors (Lipinski definition) is 2. The lowest BCUT2D eigenvalue weighted by Gasteiger charge is -2.06. The van der Waals surface area contributed by atoms with Crippen LogP contribution in [0.1, 0.15) is 10.9 Å². The lowest BCUT2D eigenvalue weighted by molar-refractivity contribution is 0.414. The summed E-state index contributed by atoms with van der Waals surface area (Å²) in [6, 6.07) is 7.27. The van der Waals surface area contributed by atoms with E-state index < -0.39 is 5.38 Å². The van der Waals surface area contributed by atoms with Gasteiger partial charge in [-0.2, -0.15) is 5.26 Å². The highest BCUT2D eigenvalue weighted by atomic mass is 79.9. The molecule has 0 aliphatic heterocycles. The summed E-state index contributed by atoms with van der Waals surface area (Å²) in [5.74, 6) is 0.734. The van der Waals surface area contributed by atoms with Crippen LogP contribution in [0.15, 0.2) is 22.7 Å². The minimum Gasteiger partial charge on any atom is -0.497 e. The molecule has 0 spiro atoms. The van der Waals surface area contributed by atoms with Crippen molar-refractivity contribution >= 4 is 27.5 Å². The van der Waals surface area contributed by atoms with Gasteiger partial charge in [0, 0.05) is 4.47 Å². The van der Waals surface area contributed by atoms with E-state index in [0.717, 1.165) is 15.8 Å². The van der Waals surface area contributed by atoms with Crippen molar-refractivity contribution < 1.29 is 4.74 Å². The van der Waals surface area contributed by atoms with Crippen LogP contribution in [0, 0.1) is 11.3 Å². The number of rotatable bonds is 2. The van der Waals surface area contributed by atoms with E-state index in [9.17, 15) is 0 Å².